The molecule has 0 unspecified atom stereocenters. The van der Waals surface area contributed by atoms with Gasteiger partial charge in [0.25, 0.3) is 0 Å². The van der Waals surface area contributed by atoms with E-state index in [1.165, 1.54) is 23.5 Å². The number of aryl methyl sites for hydroxylation is 1. The number of nitrogens with zero attached hydrogens (tertiary/aromatic N) is 4. The summed E-state index contributed by atoms with van der Waals surface area (Å²) in [6.07, 6.45) is 6.84. The number of carbonyl (C=O) groups excluding carboxylic acids is 1. The van der Waals surface area contributed by atoms with Crippen molar-refractivity contribution in [2.75, 3.05) is 5.32 Å². The summed E-state index contributed by atoms with van der Waals surface area (Å²) in [6, 6.07) is 6.51. The first-order valence-corrected chi connectivity index (χ1v) is 7.95. The fraction of sp³-hybridized carbons (Fsp3) is 0.125. The van der Waals surface area contributed by atoms with Crippen LogP contribution in [0, 0.1) is 5.82 Å². The Labute approximate surface area is 141 Å². The molecule has 0 aliphatic rings. The lowest BCUT2D eigenvalue weighted by Crippen LogP contribution is -2.07. The summed E-state index contributed by atoms with van der Waals surface area (Å²) < 4.78 is 15.3. The number of hydrogen-bond acceptors (Lipinski definition) is 5. The first kappa shape index (κ1) is 16.0. The van der Waals surface area contributed by atoms with Crippen molar-refractivity contribution in [2.24, 2.45) is 7.05 Å². The third kappa shape index (κ3) is 4.11. The second-order valence-corrected chi connectivity index (χ2v) is 6.10. The molecular formula is C16H14FN5OS. The summed E-state index contributed by atoms with van der Waals surface area (Å²) in [4.78, 5) is 11.9. The van der Waals surface area contributed by atoms with Gasteiger partial charge in [-0.3, -0.25) is 14.8 Å². The van der Waals surface area contributed by atoms with Crippen LogP contribution in [-0.2, 0) is 18.3 Å². The van der Waals surface area contributed by atoms with E-state index in [4.69, 9.17) is 0 Å². The highest BCUT2D eigenvalue weighted by atomic mass is 32.1. The standard InChI is InChI=1S/C16H14FN5OS/c1-22-10-11(9-18-22)6-7-14(23)19-16-21-20-15(24-16)8-12-4-2-3-5-13(12)17/h2-7,9-10H,8H2,1H3,(H,19,21,23)/b7-6+. The maximum absolute atomic E-state index is 13.6. The van der Waals surface area contributed by atoms with Crippen LogP contribution in [-0.4, -0.2) is 25.9 Å². The second-order valence-electron chi connectivity index (χ2n) is 5.04. The summed E-state index contributed by atoms with van der Waals surface area (Å²) in [5.41, 5.74) is 1.37. The van der Waals surface area contributed by atoms with Crippen LogP contribution >= 0.6 is 11.3 Å². The highest BCUT2D eigenvalue weighted by Crippen LogP contribution is 2.20. The van der Waals surface area contributed by atoms with E-state index in [0.29, 0.717) is 22.1 Å². The van der Waals surface area contributed by atoms with Gasteiger partial charge in [-0.1, -0.05) is 29.5 Å². The van der Waals surface area contributed by atoms with E-state index in [1.54, 1.807) is 48.4 Å². The van der Waals surface area contributed by atoms with E-state index in [1.807, 2.05) is 0 Å². The minimum atomic E-state index is -0.313. The summed E-state index contributed by atoms with van der Waals surface area (Å²) in [5.74, 6) is -0.592. The fourth-order valence-electron chi connectivity index (χ4n) is 2.03. The SMILES string of the molecule is Cn1cc(/C=C/C(=O)Nc2nnc(Cc3ccccc3F)s2)cn1. The summed E-state index contributed by atoms with van der Waals surface area (Å²) in [7, 11) is 1.80. The van der Waals surface area contributed by atoms with Crippen molar-refractivity contribution in [1.29, 1.82) is 0 Å². The Balaban J connectivity index is 1.60. The predicted molar refractivity (Wildman–Crippen MR) is 90.0 cm³/mol. The third-order valence-electron chi connectivity index (χ3n) is 3.15. The van der Waals surface area contributed by atoms with Gasteiger partial charge in [0.05, 0.1) is 6.20 Å². The molecular weight excluding hydrogens is 329 g/mol. The van der Waals surface area contributed by atoms with Gasteiger partial charge in [-0.2, -0.15) is 5.10 Å². The third-order valence-corrected chi connectivity index (χ3v) is 3.99. The van der Waals surface area contributed by atoms with Crippen molar-refractivity contribution in [2.45, 2.75) is 6.42 Å². The Hall–Kier alpha value is -2.87. The Bertz CT molecular complexity index is 886. The molecule has 1 N–H and O–H groups in total. The van der Waals surface area contributed by atoms with Crippen LogP contribution in [0.2, 0.25) is 0 Å². The van der Waals surface area contributed by atoms with Gasteiger partial charge in [-0.05, 0) is 17.7 Å². The molecule has 0 aliphatic heterocycles. The quantitative estimate of drug-likeness (QED) is 0.723. The molecule has 0 aliphatic carbocycles. The number of anilines is 1. The first-order valence-electron chi connectivity index (χ1n) is 7.13. The topological polar surface area (TPSA) is 72.7 Å². The van der Waals surface area contributed by atoms with Gasteiger partial charge >= 0.3 is 0 Å². The Morgan fingerprint density at radius 2 is 2.21 bits per heavy atom. The molecule has 122 valence electrons. The van der Waals surface area contributed by atoms with E-state index in [-0.39, 0.29) is 11.7 Å². The lowest BCUT2D eigenvalue weighted by molar-refractivity contribution is -0.111. The number of rotatable bonds is 5. The van der Waals surface area contributed by atoms with Gasteiger partial charge in [-0.15, -0.1) is 10.2 Å². The highest BCUT2D eigenvalue weighted by molar-refractivity contribution is 7.15. The Kier molecular flexibility index (Phi) is 4.76. The Morgan fingerprint density at radius 1 is 1.38 bits per heavy atom. The van der Waals surface area contributed by atoms with E-state index < -0.39 is 0 Å². The molecule has 6 nitrogen and oxygen atoms in total. The molecule has 0 fully saturated rings. The van der Waals surface area contributed by atoms with Crippen LogP contribution in [0.25, 0.3) is 6.08 Å². The highest BCUT2D eigenvalue weighted by Gasteiger charge is 2.09. The molecule has 0 bridgehead atoms. The van der Waals surface area contributed by atoms with Gasteiger partial charge in [0.1, 0.15) is 10.8 Å². The Morgan fingerprint density at radius 3 is 2.96 bits per heavy atom. The molecule has 2 heterocycles. The van der Waals surface area contributed by atoms with Crippen LogP contribution in [0.15, 0.2) is 42.7 Å². The van der Waals surface area contributed by atoms with E-state index >= 15 is 0 Å². The number of halogens is 1. The predicted octanol–water partition coefficient (Wildman–Crippen LogP) is 2.65. The molecule has 3 aromatic rings. The number of benzene rings is 1. The maximum Gasteiger partial charge on any atom is 0.250 e. The zero-order valence-electron chi connectivity index (χ0n) is 12.8. The fourth-order valence-corrected chi connectivity index (χ4v) is 2.79. The second kappa shape index (κ2) is 7.14. The number of hydrogen-bond donors (Lipinski definition) is 1. The number of aromatic nitrogens is 4. The van der Waals surface area contributed by atoms with E-state index in [2.05, 4.69) is 20.6 Å². The first-order chi connectivity index (χ1) is 11.6. The number of carbonyl (C=O) groups is 1. The molecule has 8 heteroatoms. The van der Waals surface area contributed by atoms with E-state index in [9.17, 15) is 9.18 Å². The van der Waals surface area contributed by atoms with Crippen LogP contribution in [0.4, 0.5) is 9.52 Å². The van der Waals surface area contributed by atoms with Crippen molar-refractivity contribution in [3.8, 4) is 0 Å². The van der Waals surface area contributed by atoms with Crippen molar-refractivity contribution in [3.05, 3.63) is 64.7 Å². The minimum Gasteiger partial charge on any atom is -0.297 e. The van der Waals surface area contributed by atoms with Gasteiger partial charge in [-0.25, -0.2) is 4.39 Å². The van der Waals surface area contributed by atoms with Gasteiger partial charge in [0, 0.05) is 31.3 Å². The van der Waals surface area contributed by atoms with Gasteiger partial charge < -0.3 is 0 Å². The normalized spacial score (nSPS) is 11.1. The molecule has 3 rings (SSSR count). The molecule has 0 radical (unpaired) electrons. The van der Waals surface area contributed by atoms with Crippen LogP contribution in [0.3, 0.4) is 0 Å². The van der Waals surface area contributed by atoms with Crippen molar-refractivity contribution >= 4 is 28.5 Å². The van der Waals surface area contributed by atoms with Crippen molar-refractivity contribution < 1.29 is 9.18 Å². The number of amides is 1. The van der Waals surface area contributed by atoms with E-state index in [0.717, 1.165) is 5.56 Å². The number of nitrogens with one attached hydrogen (secondary N) is 1. The molecule has 0 saturated carbocycles. The monoisotopic (exact) mass is 343 g/mol. The molecule has 2 aromatic heterocycles. The smallest absolute Gasteiger partial charge is 0.250 e. The molecule has 1 amide bonds. The van der Waals surface area contributed by atoms with Gasteiger partial charge in [0.15, 0.2) is 0 Å². The maximum atomic E-state index is 13.6. The minimum absolute atomic E-state index is 0.280. The van der Waals surface area contributed by atoms with Crippen molar-refractivity contribution in [1.82, 2.24) is 20.0 Å². The summed E-state index contributed by atoms with van der Waals surface area (Å²) in [5, 5.41) is 15.5. The molecule has 24 heavy (non-hydrogen) atoms. The molecule has 1 aromatic carbocycles. The molecule has 0 saturated heterocycles. The average Bonchev–Trinajstić information content (AvgIpc) is 3.17. The molecule has 0 atom stereocenters. The molecule has 0 spiro atoms. The van der Waals surface area contributed by atoms with Crippen LogP contribution < -0.4 is 5.32 Å². The average molecular weight is 343 g/mol. The van der Waals surface area contributed by atoms with Crippen LogP contribution in [0.5, 0.6) is 0 Å². The summed E-state index contributed by atoms with van der Waals surface area (Å²) in [6.45, 7) is 0. The van der Waals surface area contributed by atoms with Gasteiger partial charge in [0.2, 0.25) is 11.0 Å². The van der Waals surface area contributed by atoms with Crippen molar-refractivity contribution in [3.63, 3.8) is 0 Å². The largest absolute Gasteiger partial charge is 0.297 e. The van der Waals surface area contributed by atoms with Crippen LogP contribution in [0.1, 0.15) is 16.1 Å². The summed E-state index contributed by atoms with van der Waals surface area (Å²) >= 11 is 1.22. The lowest BCUT2D eigenvalue weighted by atomic mass is 10.1. The zero-order valence-corrected chi connectivity index (χ0v) is 13.6. The lowest BCUT2D eigenvalue weighted by Gasteiger charge is -1.98. The zero-order chi connectivity index (χ0) is 16.9.